The zero-order valence-corrected chi connectivity index (χ0v) is 11.2. The summed E-state index contributed by atoms with van der Waals surface area (Å²) in [5, 5.41) is 11.9. The molecule has 0 unspecified atom stereocenters. The molecule has 0 spiro atoms. The zero-order chi connectivity index (χ0) is 13.9. The Hall–Kier alpha value is -2.06. The lowest BCUT2D eigenvalue weighted by molar-refractivity contribution is 0.0156. The number of carbonyl (C=O) groups excluding carboxylic acids is 1. The third-order valence-electron chi connectivity index (χ3n) is 3.82. The van der Waals surface area contributed by atoms with Gasteiger partial charge in [-0.05, 0) is 12.0 Å². The van der Waals surface area contributed by atoms with Crippen LogP contribution in [0.3, 0.4) is 0 Å². The maximum absolute atomic E-state index is 12.1. The number of amides is 2. The average Bonchev–Trinajstić information content (AvgIpc) is 3.27. The van der Waals surface area contributed by atoms with Gasteiger partial charge in [-0.2, -0.15) is 5.26 Å². The summed E-state index contributed by atoms with van der Waals surface area (Å²) in [6.07, 6.45) is 0.487. The highest BCUT2D eigenvalue weighted by molar-refractivity contribution is 5.75. The number of nitrogens with zero attached hydrogens (tertiary/aromatic N) is 2. The Kier molecular flexibility index (Phi) is 3.57. The Bertz CT molecular complexity index is 526. The standard InChI is InChI=1S/C15H17N3O2/c16-9-12-10-18(6-7-20-12)15(19)17-14-8-13(14)11-4-2-1-3-5-11/h1-5,12-14H,6-8,10H2,(H,17,19)/t12-,13+,14-/m1/s1. The summed E-state index contributed by atoms with van der Waals surface area (Å²) in [4.78, 5) is 13.8. The van der Waals surface area contributed by atoms with Crippen molar-refractivity contribution in [2.24, 2.45) is 0 Å². The number of rotatable bonds is 2. The number of nitrogens with one attached hydrogen (secondary N) is 1. The third-order valence-corrected chi connectivity index (χ3v) is 3.82. The molecule has 1 heterocycles. The van der Waals surface area contributed by atoms with E-state index >= 15 is 0 Å². The fourth-order valence-electron chi connectivity index (χ4n) is 2.58. The van der Waals surface area contributed by atoms with Crippen molar-refractivity contribution >= 4 is 6.03 Å². The number of nitriles is 1. The largest absolute Gasteiger partial charge is 0.360 e. The van der Waals surface area contributed by atoms with Crippen LogP contribution in [0.25, 0.3) is 0 Å². The van der Waals surface area contributed by atoms with E-state index in [1.807, 2.05) is 24.3 Å². The van der Waals surface area contributed by atoms with Gasteiger partial charge in [-0.15, -0.1) is 0 Å². The monoisotopic (exact) mass is 271 g/mol. The van der Waals surface area contributed by atoms with Gasteiger partial charge in [0, 0.05) is 18.5 Å². The minimum Gasteiger partial charge on any atom is -0.360 e. The van der Waals surface area contributed by atoms with Crippen LogP contribution in [0.2, 0.25) is 0 Å². The summed E-state index contributed by atoms with van der Waals surface area (Å²) in [5.41, 5.74) is 1.27. The van der Waals surface area contributed by atoms with Crippen LogP contribution in [0.15, 0.2) is 30.3 Å². The molecule has 1 aliphatic carbocycles. The van der Waals surface area contributed by atoms with Crippen molar-refractivity contribution < 1.29 is 9.53 Å². The lowest BCUT2D eigenvalue weighted by Gasteiger charge is -2.29. The van der Waals surface area contributed by atoms with Gasteiger partial charge in [-0.1, -0.05) is 30.3 Å². The van der Waals surface area contributed by atoms with Crippen molar-refractivity contribution in [2.75, 3.05) is 19.7 Å². The van der Waals surface area contributed by atoms with Gasteiger partial charge in [-0.25, -0.2) is 4.79 Å². The van der Waals surface area contributed by atoms with Crippen LogP contribution in [0.4, 0.5) is 4.79 Å². The van der Waals surface area contributed by atoms with Crippen LogP contribution >= 0.6 is 0 Å². The summed E-state index contributed by atoms with van der Waals surface area (Å²) in [5.74, 6) is 0.424. The molecule has 3 rings (SSSR count). The summed E-state index contributed by atoms with van der Waals surface area (Å²) in [6, 6.07) is 12.4. The molecule has 0 radical (unpaired) electrons. The van der Waals surface area contributed by atoms with Crippen molar-refractivity contribution in [1.29, 1.82) is 5.26 Å². The maximum atomic E-state index is 12.1. The van der Waals surface area contributed by atoms with E-state index in [-0.39, 0.29) is 12.1 Å². The maximum Gasteiger partial charge on any atom is 0.317 e. The van der Waals surface area contributed by atoms with Gasteiger partial charge in [0.25, 0.3) is 0 Å². The summed E-state index contributed by atoms with van der Waals surface area (Å²) >= 11 is 0. The highest BCUT2D eigenvalue weighted by Gasteiger charge is 2.40. The van der Waals surface area contributed by atoms with E-state index in [4.69, 9.17) is 10.00 Å². The lowest BCUT2D eigenvalue weighted by Crippen LogP contribution is -2.49. The molecule has 3 atom stereocenters. The summed E-state index contributed by atoms with van der Waals surface area (Å²) in [6.45, 7) is 1.33. The molecule has 5 nitrogen and oxygen atoms in total. The fourth-order valence-corrected chi connectivity index (χ4v) is 2.58. The molecule has 2 amide bonds. The molecule has 20 heavy (non-hydrogen) atoms. The van der Waals surface area contributed by atoms with Crippen LogP contribution in [-0.4, -0.2) is 42.8 Å². The van der Waals surface area contributed by atoms with E-state index in [1.54, 1.807) is 4.90 Å². The van der Waals surface area contributed by atoms with E-state index in [2.05, 4.69) is 17.4 Å². The molecular weight excluding hydrogens is 254 g/mol. The van der Waals surface area contributed by atoms with Gasteiger partial charge in [0.15, 0.2) is 6.10 Å². The zero-order valence-electron chi connectivity index (χ0n) is 11.2. The Morgan fingerprint density at radius 3 is 2.95 bits per heavy atom. The molecule has 0 bridgehead atoms. The van der Waals surface area contributed by atoms with Crippen molar-refractivity contribution in [3.8, 4) is 6.07 Å². The molecule has 104 valence electrons. The number of benzene rings is 1. The van der Waals surface area contributed by atoms with Crippen LogP contribution in [0.5, 0.6) is 0 Å². The van der Waals surface area contributed by atoms with Crippen molar-refractivity contribution in [3.63, 3.8) is 0 Å². The molecule has 5 heteroatoms. The third kappa shape index (κ3) is 2.75. The van der Waals surface area contributed by atoms with Crippen molar-refractivity contribution in [2.45, 2.75) is 24.5 Å². The highest BCUT2D eigenvalue weighted by atomic mass is 16.5. The molecule has 1 aromatic rings. The molecule has 1 saturated carbocycles. The number of ether oxygens (including phenoxy) is 1. The van der Waals surface area contributed by atoms with E-state index in [9.17, 15) is 4.79 Å². The van der Waals surface area contributed by atoms with Gasteiger partial charge >= 0.3 is 6.03 Å². The van der Waals surface area contributed by atoms with E-state index in [1.165, 1.54) is 5.56 Å². The highest BCUT2D eigenvalue weighted by Crippen LogP contribution is 2.40. The van der Waals surface area contributed by atoms with Crippen molar-refractivity contribution in [3.05, 3.63) is 35.9 Å². The molecule has 1 aromatic carbocycles. The second-order valence-electron chi connectivity index (χ2n) is 5.24. The topological polar surface area (TPSA) is 65.4 Å². The van der Waals surface area contributed by atoms with Crippen molar-refractivity contribution in [1.82, 2.24) is 10.2 Å². The Morgan fingerprint density at radius 1 is 1.40 bits per heavy atom. The fraction of sp³-hybridized carbons (Fsp3) is 0.467. The number of hydrogen-bond donors (Lipinski definition) is 1. The Labute approximate surface area is 118 Å². The van der Waals surface area contributed by atoms with E-state index < -0.39 is 6.10 Å². The molecule has 1 aliphatic heterocycles. The van der Waals surface area contributed by atoms with Crippen LogP contribution in [0.1, 0.15) is 17.9 Å². The Balaban J connectivity index is 1.52. The van der Waals surface area contributed by atoms with Gasteiger partial charge in [0.1, 0.15) is 0 Å². The van der Waals surface area contributed by atoms with Gasteiger partial charge < -0.3 is 15.0 Å². The number of urea groups is 1. The van der Waals surface area contributed by atoms with Crippen LogP contribution in [0, 0.1) is 11.3 Å². The van der Waals surface area contributed by atoms with E-state index in [0.29, 0.717) is 25.6 Å². The first-order valence-electron chi connectivity index (χ1n) is 6.89. The molecule has 0 aromatic heterocycles. The second-order valence-corrected chi connectivity index (χ2v) is 5.24. The summed E-state index contributed by atoms with van der Waals surface area (Å²) in [7, 11) is 0. The van der Waals surface area contributed by atoms with Gasteiger partial charge in [0.05, 0.1) is 19.2 Å². The lowest BCUT2D eigenvalue weighted by atomic mass is 10.1. The predicted octanol–water partition coefficient (Wildman–Crippen LogP) is 1.48. The molecule has 2 fully saturated rings. The minimum atomic E-state index is -0.501. The molecule has 2 aliphatic rings. The van der Waals surface area contributed by atoms with E-state index in [0.717, 1.165) is 6.42 Å². The molecule has 1 saturated heterocycles. The number of carbonyl (C=O) groups is 1. The van der Waals surface area contributed by atoms with Crippen LogP contribution in [-0.2, 0) is 4.74 Å². The van der Waals surface area contributed by atoms with Gasteiger partial charge in [0.2, 0.25) is 0 Å². The minimum absolute atomic E-state index is 0.0861. The normalized spacial score (nSPS) is 28.6. The molecular formula is C15H17N3O2. The second kappa shape index (κ2) is 5.51. The smallest absolute Gasteiger partial charge is 0.317 e. The first-order chi connectivity index (χ1) is 9.78. The average molecular weight is 271 g/mol. The van der Waals surface area contributed by atoms with Gasteiger partial charge in [-0.3, -0.25) is 0 Å². The quantitative estimate of drug-likeness (QED) is 0.886. The SMILES string of the molecule is N#C[C@@H]1CN(C(=O)N[C@@H]2C[C@H]2c2ccccc2)CCO1. The van der Waals surface area contributed by atoms with Crippen LogP contribution < -0.4 is 5.32 Å². The Morgan fingerprint density at radius 2 is 2.20 bits per heavy atom. The molecule has 1 N–H and O–H groups in total. The first kappa shape index (κ1) is 12.9. The first-order valence-corrected chi connectivity index (χ1v) is 6.89. The number of hydrogen-bond acceptors (Lipinski definition) is 3. The summed E-state index contributed by atoms with van der Waals surface area (Å²) < 4.78 is 5.24. The predicted molar refractivity (Wildman–Crippen MR) is 73.0 cm³/mol. The number of morpholine rings is 1.